The predicted octanol–water partition coefficient (Wildman–Crippen LogP) is 3.59. The SMILES string of the molecule is CCC(CC)N[C@H]1C[C@@H](C(=O)NC(C)C)N(Cc2ccccc2Cl)C1. The van der Waals surface area contributed by atoms with Crippen molar-refractivity contribution >= 4 is 17.5 Å². The molecule has 0 saturated carbocycles. The van der Waals surface area contributed by atoms with E-state index in [0.29, 0.717) is 18.6 Å². The van der Waals surface area contributed by atoms with Crippen LogP contribution in [0.25, 0.3) is 0 Å². The average Bonchev–Trinajstić information content (AvgIpc) is 2.97. The fourth-order valence-corrected chi connectivity index (χ4v) is 3.75. The van der Waals surface area contributed by atoms with Crippen LogP contribution in [0, 0.1) is 0 Å². The quantitative estimate of drug-likeness (QED) is 0.740. The molecule has 0 aromatic heterocycles. The van der Waals surface area contributed by atoms with E-state index in [1.807, 2.05) is 38.1 Å². The first-order valence-corrected chi connectivity index (χ1v) is 9.86. The first kappa shape index (κ1) is 20.2. The van der Waals surface area contributed by atoms with E-state index >= 15 is 0 Å². The van der Waals surface area contributed by atoms with Gasteiger partial charge in [0.05, 0.1) is 6.04 Å². The molecule has 0 unspecified atom stereocenters. The van der Waals surface area contributed by atoms with E-state index in [9.17, 15) is 4.79 Å². The van der Waals surface area contributed by atoms with Crippen LogP contribution in [0.5, 0.6) is 0 Å². The molecule has 1 fully saturated rings. The van der Waals surface area contributed by atoms with Crippen LogP contribution in [-0.4, -0.2) is 41.5 Å². The number of hydrogen-bond acceptors (Lipinski definition) is 3. The summed E-state index contributed by atoms with van der Waals surface area (Å²) in [5.74, 6) is 0.121. The highest BCUT2D eigenvalue weighted by atomic mass is 35.5. The zero-order valence-corrected chi connectivity index (χ0v) is 16.6. The molecule has 1 heterocycles. The van der Waals surface area contributed by atoms with Crippen molar-refractivity contribution in [1.82, 2.24) is 15.5 Å². The van der Waals surface area contributed by atoms with Gasteiger partial charge in [0.2, 0.25) is 5.91 Å². The molecule has 4 nitrogen and oxygen atoms in total. The van der Waals surface area contributed by atoms with E-state index in [1.165, 1.54) is 0 Å². The first-order valence-electron chi connectivity index (χ1n) is 9.48. The highest BCUT2D eigenvalue weighted by molar-refractivity contribution is 6.31. The monoisotopic (exact) mass is 365 g/mol. The van der Waals surface area contributed by atoms with Crippen LogP contribution in [0.3, 0.4) is 0 Å². The summed E-state index contributed by atoms with van der Waals surface area (Å²) in [6.45, 7) is 10.0. The van der Waals surface area contributed by atoms with E-state index in [0.717, 1.165) is 36.4 Å². The van der Waals surface area contributed by atoms with E-state index in [2.05, 4.69) is 29.4 Å². The maximum absolute atomic E-state index is 12.7. The number of nitrogens with one attached hydrogen (secondary N) is 2. The van der Waals surface area contributed by atoms with Crippen LogP contribution in [0.15, 0.2) is 24.3 Å². The van der Waals surface area contributed by atoms with E-state index < -0.39 is 0 Å². The molecule has 0 radical (unpaired) electrons. The van der Waals surface area contributed by atoms with Gasteiger partial charge in [-0.05, 0) is 44.7 Å². The van der Waals surface area contributed by atoms with E-state index in [1.54, 1.807) is 0 Å². The molecule has 0 bridgehead atoms. The Bertz CT molecular complexity index is 560. The van der Waals surface area contributed by atoms with E-state index in [4.69, 9.17) is 11.6 Å². The highest BCUT2D eigenvalue weighted by Gasteiger charge is 2.37. The van der Waals surface area contributed by atoms with Gasteiger partial charge in [0.15, 0.2) is 0 Å². The molecule has 2 atom stereocenters. The Morgan fingerprint density at radius 3 is 2.56 bits per heavy atom. The third kappa shape index (κ3) is 5.70. The summed E-state index contributed by atoms with van der Waals surface area (Å²) in [6.07, 6.45) is 3.07. The summed E-state index contributed by atoms with van der Waals surface area (Å²) in [6, 6.07) is 8.80. The Morgan fingerprint density at radius 2 is 1.96 bits per heavy atom. The third-order valence-corrected chi connectivity index (χ3v) is 5.29. The zero-order chi connectivity index (χ0) is 18.4. The second kappa shape index (κ2) is 9.56. The van der Waals surface area contributed by atoms with Crippen LogP contribution >= 0.6 is 11.6 Å². The summed E-state index contributed by atoms with van der Waals surface area (Å²) in [5.41, 5.74) is 1.08. The van der Waals surface area contributed by atoms with Gasteiger partial charge in [-0.2, -0.15) is 0 Å². The maximum atomic E-state index is 12.7. The molecule has 1 aromatic carbocycles. The third-order valence-electron chi connectivity index (χ3n) is 4.93. The summed E-state index contributed by atoms with van der Waals surface area (Å²) in [7, 11) is 0. The standard InChI is InChI=1S/C20H32ClN3O/c1-5-16(6-2)23-17-11-19(20(25)22-14(3)4)24(13-17)12-15-9-7-8-10-18(15)21/h7-10,14,16-17,19,23H,5-6,11-13H2,1-4H3,(H,22,25)/t17-,19-/m0/s1. The number of halogens is 1. The van der Waals surface area contributed by atoms with Crippen molar-refractivity contribution in [3.63, 3.8) is 0 Å². The first-order chi connectivity index (χ1) is 11.9. The molecule has 0 spiro atoms. The number of carbonyl (C=O) groups excluding carboxylic acids is 1. The molecule has 2 N–H and O–H groups in total. The van der Waals surface area contributed by atoms with Gasteiger partial charge in [0.1, 0.15) is 0 Å². The summed E-state index contributed by atoms with van der Waals surface area (Å²) in [5, 5.41) is 7.57. The largest absolute Gasteiger partial charge is 0.353 e. The predicted molar refractivity (Wildman–Crippen MR) is 105 cm³/mol. The molecule has 25 heavy (non-hydrogen) atoms. The Hall–Kier alpha value is -1.10. The lowest BCUT2D eigenvalue weighted by Gasteiger charge is -2.25. The Balaban J connectivity index is 2.11. The van der Waals surface area contributed by atoms with Gasteiger partial charge in [-0.3, -0.25) is 9.69 Å². The number of rotatable bonds is 8. The topological polar surface area (TPSA) is 44.4 Å². The minimum absolute atomic E-state index is 0.106. The maximum Gasteiger partial charge on any atom is 0.237 e. The lowest BCUT2D eigenvalue weighted by Crippen LogP contribution is -2.45. The lowest BCUT2D eigenvalue weighted by atomic mass is 10.1. The fraction of sp³-hybridized carbons (Fsp3) is 0.650. The highest BCUT2D eigenvalue weighted by Crippen LogP contribution is 2.25. The molecular formula is C20H32ClN3O. The molecule has 1 aromatic rings. The fourth-order valence-electron chi connectivity index (χ4n) is 3.56. The number of carbonyl (C=O) groups is 1. The van der Waals surface area contributed by atoms with Crippen molar-refractivity contribution in [2.45, 2.75) is 77.7 Å². The molecule has 140 valence electrons. The average molecular weight is 366 g/mol. The minimum Gasteiger partial charge on any atom is -0.353 e. The molecule has 1 saturated heterocycles. The number of likely N-dealkylation sites (tertiary alicyclic amines) is 1. The van der Waals surface area contributed by atoms with Crippen molar-refractivity contribution in [3.05, 3.63) is 34.9 Å². The van der Waals surface area contributed by atoms with Crippen molar-refractivity contribution < 1.29 is 4.79 Å². The van der Waals surface area contributed by atoms with E-state index in [-0.39, 0.29) is 18.0 Å². The van der Waals surface area contributed by atoms with Crippen molar-refractivity contribution in [1.29, 1.82) is 0 Å². The van der Waals surface area contributed by atoms with Gasteiger partial charge in [-0.1, -0.05) is 43.6 Å². The molecule has 1 amide bonds. The lowest BCUT2D eigenvalue weighted by molar-refractivity contribution is -0.126. The van der Waals surface area contributed by atoms with Gasteiger partial charge in [-0.25, -0.2) is 0 Å². The van der Waals surface area contributed by atoms with Crippen LogP contribution < -0.4 is 10.6 Å². The van der Waals surface area contributed by atoms with Gasteiger partial charge in [0, 0.05) is 36.2 Å². The Labute approximate surface area is 157 Å². The van der Waals surface area contributed by atoms with Crippen molar-refractivity contribution in [3.8, 4) is 0 Å². The second-order valence-electron chi connectivity index (χ2n) is 7.31. The number of amides is 1. The van der Waals surface area contributed by atoms with Gasteiger partial charge < -0.3 is 10.6 Å². The molecule has 5 heteroatoms. The Kier molecular flexibility index (Phi) is 7.73. The van der Waals surface area contributed by atoms with Crippen LogP contribution in [0.1, 0.15) is 52.5 Å². The minimum atomic E-state index is -0.106. The summed E-state index contributed by atoms with van der Waals surface area (Å²) in [4.78, 5) is 15.0. The summed E-state index contributed by atoms with van der Waals surface area (Å²) >= 11 is 6.34. The molecular weight excluding hydrogens is 334 g/mol. The molecule has 1 aliphatic heterocycles. The number of nitrogens with zero attached hydrogens (tertiary/aromatic N) is 1. The zero-order valence-electron chi connectivity index (χ0n) is 15.9. The van der Waals surface area contributed by atoms with Gasteiger partial charge in [-0.15, -0.1) is 0 Å². The number of hydrogen-bond donors (Lipinski definition) is 2. The second-order valence-corrected chi connectivity index (χ2v) is 7.72. The summed E-state index contributed by atoms with van der Waals surface area (Å²) < 4.78 is 0. The van der Waals surface area contributed by atoms with Crippen LogP contribution in [-0.2, 0) is 11.3 Å². The Morgan fingerprint density at radius 1 is 1.28 bits per heavy atom. The normalized spacial score (nSPS) is 21.2. The van der Waals surface area contributed by atoms with Crippen molar-refractivity contribution in [2.24, 2.45) is 0 Å². The van der Waals surface area contributed by atoms with Crippen molar-refractivity contribution in [2.75, 3.05) is 6.54 Å². The van der Waals surface area contributed by atoms with Crippen LogP contribution in [0.2, 0.25) is 5.02 Å². The molecule has 2 rings (SSSR count). The van der Waals surface area contributed by atoms with Crippen LogP contribution in [0.4, 0.5) is 0 Å². The molecule has 0 aliphatic carbocycles. The number of benzene rings is 1. The van der Waals surface area contributed by atoms with Gasteiger partial charge >= 0.3 is 0 Å². The molecule has 1 aliphatic rings. The smallest absolute Gasteiger partial charge is 0.237 e. The van der Waals surface area contributed by atoms with Gasteiger partial charge in [0.25, 0.3) is 0 Å².